The van der Waals surface area contributed by atoms with Crippen LogP contribution in [0.15, 0.2) is 24.4 Å². The van der Waals surface area contributed by atoms with Crippen molar-refractivity contribution in [3.05, 3.63) is 41.2 Å². The Kier molecular flexibility index (Phi) is 5.26. The third-order valence-electron chi connectivity index (χ3n) is 4.45. The van der Waals surface area contributed by atoms with Crippen LogP contribution >= 0.6 is 0 Å². The van der Waals surface area contributed by atoms with E-state index in [1.807, 2.05) is 36.0 Å². The second-order valence-electron chi connectivity index (χ2n) is 6.43. The van der Waals surface area contributed by atoms with E-state index in [2.05, 4.69) is 17.3 Å². The van der Waals surface area contributed by atoms with Crippen LogP contribution in [0, 0.1) is 12.8 Å². The van der Waals surface area contributed by atoms with Gasteiger partial charge in [-0.3, -0.25) is 9.48 Å². The molecule has 0 radical (unpaired) electrons. The number of hydrogen-bond acceptors (Lipinski definition) is 4. The minimum atomic E-state index is -0.0729. The van der Waals surface area contributed by atoms with Crippen molar-refractivity contribution >= 4 is 5.91 Å². The summed E-state index contributed by atoms with van der Waals surface area (Å²) in [5, 5.41) is 7.40. The van der Waals surface area contributed by atoms with Gasteiger partial charge in [-0.1, -0.05) is 19.1 Å². The van der Waals surface area contributed by atoms with Crippen LogP contribution < -0.4 is 14.8 Å². The molecule has 0 unspecified atom stereocenters. The van der Waals surface area contributed by atoms with Crippen LogP contribution in [0.2, 0.25) is 0 Å². The van der Waals surface area contributed by atoms with Crippen LogP contribution in [0.3, 0.4) is 0 Å². The van der Waals surface area contributed by atoms with Gasteiger partial charge in [0.05, 0.1) is 25.0 Å². The zero-order valence-corrected chi connectivity index (χ0v) is 15.0. The highest BCUT2D eigenvalue weighted by Gasteiger charge is 2.23. The molecule has 1 amide bonds. The molecule has 0 saturated heterocycles. The smallest absolute Gasteiger partial charge is 0.254 e. The zero-order chi connectivity index (χ0) is 17.8. The second kappa shape index (κ2) is 7.59. The first-order valence-corrected chi connectivity index (χ1v) is 8.73. The lowest BCUT2D eigenvalue weighted by molar-refractivity contribution is 0.0938. The van der Waals surface area contributed by atoms with Gasteiger partial charge in [-0.25, -0.2) is 0 Å². The second-order valence-corrected chi connectivity index (χ2v) is 6.43. The fraction of sp³-hybridized carbons (Fsp3) is 0.474. The van der Waals surface area contributed by atoms with Crippen molar-refractivity contribution in [1.82, 2.24) is 15.1 Å². The Morgan fingerprint density at radius 2 is 2.32 bits per heavy atom. The van der Waals surface area contributed by atoms with E-state index in [1.54, 1.807) is 7.11 Å². The van der Waals surface area contributed by atoms with Gasteiger partial charge >= 0.3 is 0 Å². The van der Waals surface area contributed by atoms with Crippen LogP contribution in [0.1, 0.15) is 35.0 Å². The van der Waals surface area contributed by atoms with Gasteiger partial charge in [-0.2, -0.15) is 5.10 Å². The lowest BCUT2D eigenvalue weighted by atomic mass is 9.96. The molecule has 1 aromatic heterocycles. The molecule has 0 bridgehead atoms. The third kappa shape index (κ3) is 3.78. The number of carbonyl (C=O) groups excluding carboxylic acids is 1. The summed E-state index contributed by atoms with van der Waals surface area (Å²) >= 11 is 0. The van der Waals surface area contributed by atoms with Crippen molar-refractivity contribution in [2.75, 3.05) is 20.3 Å². The average Bonchev–Trinajstić information content (AvgIpc) is 2.99. The van der Waals surface area contributed by atoms with E-state index in [9.17, 15) is 4.79 Å². The highest BCUT2D eigenvalue weighted by atomic mass is 16.5. The maximum absolute atomic E-state index is 12.4. The van der Waals surface area contributed by atoms with E-state index >= 15 is 0 Å². The number of ether oxygens (including phenoxy) is 2. The third-order valence-corrected chi connectivity index (χ3v) is 4.45. The molecule has 0 saturated carbocycles. The van der Waals surface area contributed by atoms with Gasteiger partial charge in [-0.05, 0) is 31.4 Å². The van der Waals surface area contributed by atoms with Crippen LogP contribution in [0.4, 0.5) is 0 Å². The molecule has 1 atom stereocenters. The van der Waals surface area contributed by atoms with Gasteiger partial charge in [-0.15, -0.1) is 0 Å². The SMILES string of the molecule is CCCn1cc(C(=O)NC[C@@H]2COc3c(cccc3OC)C2)c(C)n1. The maximum Gasteiger partial charge on any atom is 0.254 e. The van der Waals surface area contributed by atoms with Crippen LogP contribution in [0.5, 0.6) is 11.5 Å². The number of fused-ring (bicyclic) bond motifs is 1. The van der Waals surface area contributed by atoms with Crippen LogP contribution in [-0.2, 0) is 13.0 Å². The molecule has 0 spiro atoms. The molecule has 2 heterocycles. The number of para-hydroxylation sites is 1. The Morgan fingerprint density at radius 1 is 1.48 bits per heavy atom. The van der Waals surface area contributed by atoms with Crippen LogP contribution in [0.25, 0.3) is 0 Å². The number of nitrogens with zero attached hydrogens (tertiary/aromatic N) is 2. The van der Waals surface area contributed by atoms with Crippen molar-refractivity contribution < 1.29 is 14.3 Å². The number of benzene rings is 1. The molecule has 2 aromatic rings. The van der Waals surface area contributed by atoms with Gasteiger partial charge in [0.1, 0.15) is 0 Å². The number of methoxy groups -OCH3 is 1. The first kappa shape index (κ1) is 17.3. The lowest BCUT2D eigenvalue weighted by Gasteiger charge is -2.26. The van der Waals surface area contributed by atoms with Crippen molar-refractivity contribution in [3.8, 4) is 11.5 Å². The normalized spacial score (nSPS) is 16.0. The standard InChI is InChI=1S/C19H25N3O3/c1-4-8-22-11-16(13(2)21-22)19(23)20-10-14-9-15-6-5-7-17(24-3)18(15)25-12-14/h5-7,11,14H,4,8-10,12H2,1-3H3,(H,20,23)/t14-/m1/s1. The van der Waals surface area contributed by atoms with Crippen molar-refractivity contribution in [2.45, 2.75) is 33.2 Å². The fourth-order valence-corrected chi connectivity index (χ4v) is 3.17. The first-order chi connectivity index (χ1) is 12.1. The van der Waals surface area contributed by atoms with E-state index in [1.165, 1.54) is 0 Å². The predicted molar refractivity (Wildman–Crippen MR) is 95.3 cm³/mol. The summed E-state index contributed by atoms with van der Waals surface area (Å²) in [5.41, 5.74) is 2.53. The summed E-state index contributed by atoms with van der Waals surface area (Å²) in [6.45, 7) is 5.93. The van der Waals surface area contributed by atoms with E-state index in [0.717, 1.165) is 42.1 Å². The number of aromatic nitrogens is 2. The summed E-state index contributed by atoms with van der Waals surface area (Å²) in [7, 11) is 1.65. The molecule has 1 N–H and O–H groups in total. The monoisotopic (exact) mass is 343 g/mol. The molecule has 1 aliphatic heterocycles. The predicted octanol–water partition coefficient (Wildman–Crippen LogP) is 2.59. The molecule has 1 aliphatic rings. The number of hydrogen-bond donors (Lipinski definition) is 1. The lowest BCUT2D eigenvalue weighted by Crippen LogP contribution is -2.35. The largest absolute Gasteiger partial charge is 0.493 e. The molecule has 25 heavy (non-hydrogen) atoms. The summed E-state index contributed by atoms with van der Waals surface area (Å²) in [6, 6.07) is 5.91. The minimum Gasteiger partial charge on any atom is -0.493 e. The summed E-state index contributed by atoms with van der Waals surface area (Å²) in [5.74, 6) is 1.76. The number of amides is 1. The molecular weight excluding hydrogens is 318 g/mol. The highest BCUT2D eigenvalue weighted by molar-refractivity contribution is 5.95. The van der Waals surface area contributed by atoms with E-state index in [4.69, 9.17) is 9.47 Å². The molecule has 1 aromatic carbocycles. The van der Waals surface area contributed by atoms with Gasteiger partial charge in [0, 0.05) is 25.2 Å². The Bertz CT molecular complexity index is 754. The quantitative estimate of drug-likeness (QED) is 0.875. The molecule has 3 rings (SSSR count). The molecular formula is C19H25N3O3. The fourth-order valence-electron chi connectivity index (χ4n) is 3.17. The molecule has 6 nitrogen and oxygen atoms in total. The zero-order valence-electron chi connectivity index (χ0n) is 15.0. The Hall–Kier alpha value is -2.50. The summed E-state index contributed by atoms with van der Waals surface area (Å²) in [4.78, 5) is 12.4. The number of aryl methyl sites for hydroxylation is 2. The molecule has 0 aliphatic carbocycles. The van der Waals surface area contributed by atoms with Crippen molar-refractivity contribution in [1.29, 1.82) is 0 Å². The first-order valence-electron chi connectivity index (χ1n) is 8.73. The number of carbonyl (C=O) groups is 1. The number of nitrogens with one attached hydrogen (secondary N) is 1. The molecule has 0 fully saturated rings. The Morgan fingerprint density at radius 3 is 3.08 bits per heavy atom. The summed E-state index contributed by atoms with van der Waals surface area (Å²) in [6.07, 6.45) is 3.68. The van der Waals surface area contributed by atoms with Gasteiger partial charge in [0.2, 0.25) is 0 Å². The molecule has 6 heteroatoms. The minimum absolute atomic E-state index is 0.0729. The van der Waals surface area contributed by atoms with Gasteiger partial charge in [0.15, 0.2) is 11.5 Å². The van der Waals surface area contributed by atoms with Crippen molar-refractivity contribution in [2.24, 2.45) is 5.92 Å². The topological polar surface area (TPSA) is 65.4 Å². The van der Waals surface area contributed by atoms with E-state index in [0.29, 0.717) is 18.7 Å². The van der Waals surface area contributed by atoms with Gasteiger partial charge in [0.25, 0.3) is 5.91 Å². The van der Waals surface area contributed by atoms with Gasteiger partial charge < -0.3 is 14.8 Å². The molecule has 134 valence electrons. The van der Waals surface area contributed by atoms with E-state index < -0.39 is 0 Å². The summed E-state index contributed by atoms with van der Waals surface area (Å²) < 4.78 is 13.0. The van der Waals surface area contributed by atoms with E-state index in [-0.39, 0.29) is 11.8 Å². The number of rotatable bonds is 6. The van der Waals surface area contributed by atoms with Crippen molar-refractivity contribution in [3.63, 3.8) is 0 Å². The maximum atomic E-state index is 12.4. The van der Waals surface area contributed by atoms with Crippen LogP contribution in [-0.4, -0.2) is 35.9 Å². The highest BCUT2D eigenvalue weighted by Crippen LogP contribution is 2.35. The average molecular weight is 343 g/mol. The Labute approximate surface area is 148 Å². The Balaban J connectivity index is 1.60.